The number of hydrogen-bond donors (Lipinski definition) is 3. The summed E-state index contributed by atoms with van der Waals surface area (Å²) in [6.45, 7) is 2.56. The molecule has 158 valence electrons. The van der Waals surface area contributed by atoms with Gasteiger partial charge in [0, 0.05) is 35.9 Å². The van der Waals surface area contributed by atoms with Gasteiger partial charge in [0.1, 0.15) is 11.6 Å². The van der Waals surface area contributed by atoms with Gasteiger partial charge in [-0.3, -0.25) is 9.59 Å². The fraction of sp³-hybridized carbons (Fsp3) is 0.600. The first-order valence-corrected chi connectivity index (χ1v) is 11.3. The Balaban J connectivity index is 1.22. The first-order valence-electron chi connectivity index (χ1n) is 9.88. The Morgan fingerprint density at radius 2 is 2.17 bits per heavy atom. The van der Waals surface area contributed by atoms with E-state index in [0.717, 1.165) is 24.7 Å². The van der Waals surface area contributed by atoms with Gasteiger partial charge < -0.3 is 20.7 Å². The van der Waals surface area contributed by atoms with Crippen molar-refractivity contribution in [1.29, 1.82) is 0 Å². The highest BCUT2D eigenvalue weighted by molar-refractivity contribution is 8.00. The Bertz CT molecular complexity index is 805. The quantitative estimate of drug-likeness (QED) is 0.605. The minimum Gasteiger partial charge on any atom is -0.484 e. The van der Waals surface area contributed by atoms with Gasteiger partial charge in [-0.1, -0.05) is 11.6 Å². The zero-order valence-corrected chi connectivity index (χ0v) is 17.7. The number of carbonyl (C=O) groups excluding carboxylic acids is 2. The van der Waals surface area contributed by atoms with E-state index in [1.807, 2.05) is 11.8 Å². The van der Waals surface area contributed by atoms with Crippen LogP contribution >= 0.6 is 23.4 Å². The zero-order valence-electron chi connectivity index (χ0n) is 16.2. The summed E-state index contributed by atoms with van der Waals surface area (Å²) in [6.07, 6.45) is 2.30. The lowest BCUT2D eigenvalue weighted by Crippen LogP contribution is -2.53. The normalized spacial score (nSPS) is 32.5. The smallest absolute Gasteiger partial charge is 0.258 e. The Morgan fingerprint density at radius 3 is 2.86 bits per heavy atom. The van der Waals surface area contributed by atoms with E-state index < -0.39 is 5.82 Å². The third-order valence-corrected chi connectivity index (χ3v) is 7.67. The molecule has 0 aromatic heterocycles. The predicted molar refractivity (Wildman–Crippen MR) is 110 cm³/mol. The van der Waals surface area contributed by atoms with Crippen molar-refractivity contribution in [3.8, 4) is 5.75 Å². The third kappa shape index (κ3) is 4.64. The molecule has 1 aromatic rings. The molecule has 29 heavy (non-hydrogen) atoms. The molecule has 4 aliphatic rings. The van der Waals surface area contributed by atoms with Crippen LogP contribution < -0.4 is 20.7 Å². The van der Waals surface area contributed by atoms with Crippen LogP contribution in [-0.2, 0) is 9.59 Å². The van der Waals surface area contributed by atoms with Crippen LogP contribution in [0.4, 0.5) is 4.39 Å². The van der Waals surface area contributed by atoms with Crippen LogP contribution in [0.25, 0.3) is 0 Å². The molecule has 3 atom stereocenters. The Labute approximate surface area is 178 Å². The zero-order chi connectivity index (χ0) is 20.6. The fourth-order valence-electron chi connectivity index (χ4n) is 4.61. The van der Waals surface area contributed by atoms with E-state index in [-0.39, 0.29) is 46.0 Å². The summed E-state index contributed by atoms with van der Waals surface area (Å²) in [6, 6.07) is 4.54. The molecule has 0 spiro atoms. The molecule has 6 nitrogen and oxygen atoms in total. The van der Waals surface area contributed by atoms with E-state index >= 15 is 0 Å². The minimum absolute atomic E-state index is 0.00768. The highest BCUT2D eigenvalue weighted by Gasteiger charge is 2.58. The van der Waals surface area contributed by atoms with Crippen LogP contribution in [0.5, 0.6) is 5.75 Å². The maximum atomic E-state index is 13.4. The molecule has 3 saturated carbocycles. The lowest BCUT2D eigenvalue weighted by molar-refractivity contribution is -0.126. The molecule has 1 saturated heterocycles. The summed E-state index contributed by atoms with van der Waals surface area (Å²) in [4.78, 5) is 24.9. The number of thioether (sulfide) groups is 1. The SMILES string of the molecule is CC1CSC(CNC(=O)C2CC3(NC(=O)COc4ccc(Cl)c(F)c4)CC2C3)N1. The molecule has 1 heterocycles. The van der Waals surface area contributed by atoms with Gasteiger partial charge >= 0.3 is 0 Å². The van der Waals surface area contributed by atoms with Crippen LogP contribution in [0.2, 0.25) is 5.02 Å². The van der Waals surface area contributed by atoms with Gasteiger partial charge in [-0.2, -0.15) is 0 Å². The van der Waals surface area contributed by atoms with Crippen LogP contribution in [0.3, 0.4) is 0 Å². The summed E-state index contributed by atoms with van der Waals surface area (Å²) in [5.41, 5.74) is -0.312. The molecule has 2 bridgehead atoms. The maximum Gasteiger partial charge on any atom is 0.258 e. The lowest BCUT2D eigenvalue weighted by Gasteiger charge is -2.39. The number of amides is 2. The topological polar surface area (TPSA) is 79.5 Å². The number of ether oxygens (including phenoxy) is 1. The van der Waals surface area contributed by atoms with Crippen molar-refractivity contribution in [2.75, 3.05) is 18.9 Å². The van der Waals surface area contributed by atoms with E-state index in [9.17, 15) is 14.0 Å². The number of benzene rings is 1. The molecule has 1 aromatic carbocycles. The Kier molecular flexibility index (Phi) is 5.95. The molecular formula is C20H25ClFN3O3S. The molecule has 1 aliphatic heterocycles. The summed E-state index contributed by atoms with van der Waals surface area (Å²) in [7, 11) is 0. The van der Waals surface area contributed by atoms with E-state index in [4.69, 9.17) is 16.3 Å². The first-order chi connectivity index (χ1) is 13.8. The standard InChI is InChI=1S/C20H25ClFN3O3S/c1-11-10-29-18(24-11)8-23-19(27)14-7-20(5-12(14)6-20)25-17(26)9-28-13-2-3-15(21)16(22)4-13/h2-4,11-12,14,18,24H,5-10H2,1H3,(H,23,27)(H,25,26). The molecule has 9 heteroatoms. The monoisotopic (exact) mass is 441 g/mol. The minimum atomic E-state index is -0.588. The van der Waals surface area contributed by atoms with Crippen molar-refractivity contribution in [2.45, 2.75) is 43.1 Å². The van der Waals surface area contributed by atoms with Crippen molar-refractivity contribution >= 4 is 35.2 Å². The average molecular weight is 442 g/mol. The van der Waals surface area contributed by atoms with Crippen molar-refractivity contribution in [3.63, 3.8) is 0 Å². The van der Waals surface area contributed by atoms with Crippen LogP contribution in [0.15, 0.2) is 18.2 Å². The second-order valence-corrected chi connectivity index (χ2v) is 9.95. The molecule has 3 unspecified atom stereocenters. The van der Waals surface area contributed by atoms with Gasteiger partial charge in [0.05, 0.1) is 10.4 Å². The summed E-state index contributed by atoms with van der Waals surface area (Å²) >= 11 is 7.47. The number of halogens is 2. The number of nitrogens with one attached hydrogen (secondary N) is 3. The van der Waals surface area contributed by atoms with Gasteiger partial charge in [0.2, 0.25) is 5.91 Å². The second kappa shape index (κ2) is 8.32. The summed E-state index contributed by atoms with van der Waals surface area (Å²) in [5.74, 6) is 0.818. The first kappa shape index (κ1) is 20.8. The predicted octanol–water partition coefficient (Wildman–Crippen LogP) is 2.31. The van der Waals surface area contributed by atoms with Crippen LogP contribution in [0.1, 0.15) is 26.2 Å². The second-order valence-electron chi connectivity index (χ2n) is 8.31. The average Bonchev–Trinajstić information content (AvgIpc) is 3.33. The van der Waals surface area contributed by atoms with Crippen molar-refractivity contribution in [2.24, 2.45) is 11.8 Å². The Hall–Kier alpha value is -1.51. The molecule has 0 radical (unpaired) electrons. The van der Waals surface area contributed by atoms with E-state index in [2.05, 4.69) is 22.9 Å². The van der Waals surface area contributed by atoms with Crippen LogP contribution in [-0.4, -0.2) is 47.7 Å². The summed E-state index contributed by atoms with van der Waals surface area (Å²) in [5, 5.41) is 9.81. The third-order valence-electron chi connectivity index (χ3n) is 5.97. The van der Waals surface area contributed by atoms with Crippen LogP contribution in [0, 0.1) is 17.7 Å². The van der Waals surface area contributed by atoms with Crippen molar-refractivity contribution in [3.05, 3.63) is 29.0 Å². The highest BCUT2D eigenvalue weighted by atomic mass is 35.5. The maximum absolute atomic E-state index is 13.4. The van der Waals surface area contributed by atoms with Crippen molar-refractivity contribution < 1.29 is 18.7 Å². The molecule has 4 fully saturated rings. The van der Waals surface area contributed by atoms with Gasteiger partial charge in [-0.05, 0) is 44.2 Å². The van der Waals surface area contributed by atoms with Gasteiger partial charge in [0.15, 0.2) is 6.61 Å². The van der Waals surface area contributed by atoms with Gasteiger partial charge in [-0.15, -0.1) is 11.8 Å². The van der Waals surface area contributed by atoms with E-state index in [1.54, 1.807) is 0 Å². The molecule has 5 rings (SSSR count). The van der Waals surface area contributed by atoms with Crippen molar-refractivity contribution in [1.82, 2.24) is 16.0 Å². The number of hydrogen-bond acceptors (Lipinski definition) is 5. The van der Waals surface area contributed by atoms with E-state index in [1.165, 1.54) is 12.1 Å². The fourth-order valence-corrected chi connectivity index (χ4v) is 5.87. The molecular weight excluding hydrogens is 417 g/mol. The largest absolute Gasteiger partial charge is 0.484 e. The van der Waals surface area contributed by atoms with Gasteiger partial charge in [-0.25, -0.2) is 4.39 Å². The number of rotatable bonds is 7. The Morgan fingerprint density at radius 1 is 1.38 bits per heavy atom. The molecule has 2 amide bonds. The van der Waals surface area contributed by atoms with E-state index in [0.29, 0.717) is 24.9 Å². The molecule has 3 aliphatic carbocycles. The lowest BCUT2D eigenvalue weighted by atomic mass is 9.76. The number of carbonyl (C=O) groups is 2. The summed E-state index contributed by atoms with van der Waals surface area (Å²) < 4.78 is 18.8. The van der Waals surface area contributed by atoms with Gasteiger partial charge in [0.25, 0.3) is 5.91 Å². The highest BCUT2D eigenvalue weighted by Crippen LogP contribution is 2.55. The number of fused-ring (bicyclic) bond motifs is 1. The molecule has 3 N–H and O–H groups in total.